The second-order valence-electron chi connectivity index (χ2n) is 6.32. The van der Waals surface area contributed by atoms with E-state index in [1.54, 1.807) is 0 Å². The molecule has 2 aromatic carbocycles. The Morgan fingerprint density at radius 1 is 1.24 bits per heavy atom. The van der Waals surface area contributed by atoms with Crippen molar-refractivity contribution in [3.05, 3.63) is 64.7 Å². The molecule has 1 N–H and O–H groups in total. The fraction of sp³-hybridized carbons (Fsp3) is 0.316. The molecule has 0 aromatic heterocycles. The molecule has 132 valence electrons. The Labute approximate surface area is 150 Å². The second-order valence-corrected chi connectivity index (χ2v) is 6.75. The Morgan fingerprint density at radius 2 is 2.08 bits per heavy atom. The molecule has 1 aliphatic heterocycles. The van der Waals surface area contributed by atoms with Crippen molar-refractivity contribution in [2.75, 3.05) is 18.4 Å². The van der Waals surface area contributed by atoms with E-state index in [2.05, 4.69) is 10.2 Å². The molecule has 0 spiro atoms. The number of nitrogens with zero attached hydrogens (tertiary/aromatic N) is 1. The van der Waals surface area contributed by atoms with Crippen LogP contribution >= 0.6 is 11.6 Å². The first-order valence-corrected chi connectivity index (χ1v) is 8.62. The molecule has 1 fully saturated rings. The Kier molecular flexibility index (Phi) is 5.66. The van der Waals surface area contributed by atoms with Crippen molar-refractivity contribution in [3.63, 3.8) is 0 Å². The number of hydrogen-bond acceptors (Lipinski definition) is 2. The normalized spacial score (nSPS) is 18.1. The third-order valence-electron chi connectivity index (χ3n) is 4.36. The van der Waals surface area contributed by atoms with Crippen LogP contribution in [0.25, 0.3) is 0 Å². The molecule has 1 saturated heterocycles. The first-order valence-electron chi connectivity index (χ1n) is 8.24. The zero-order chi connectivity index (χ0) is 17.8. The summed E-state index contributed by atoms with van der Waals surface area (Å²) in [7, 11) is 0. The van der Waals surface area contributed by atoms with Crippen molar-refractivity contribution in [2.45, 2.75) is 19.4 Å². The fourth-order valence-corrected chi connectivity index (χ4v) is 3.35. The van der Waals surface area contributed by atoms with E-state index in [9.17, 15) is 13.6 Å². The summed E-state index contributed by atoms with van der Waals surface area (Å²) in [6.07, 6.45) is 1.64. The third-order valence-corrected chi connectivity index (χ3v) is 4.60. The largest absolute Gasteiger partial charge is 0.323 e. The molecule has 3 nitrogen and oxygen atoms in total. The molecule has 1 heterocycles. The smallest absolute Gasteiger partial charge is 0.228 e. The van der Waals surface area contributed by atoms with Gasteiger partial charge in [-0.15, -0.1) is 0 Å². The number of carbonyl (C=O) groups excluding carboxylic acids is 1. The highest BCUT2D eigenvalue weighted by atomic mass is 35.5. The van der Waals surface area contributed by atoms with E-state index >= 15 is 0 Å². The highest BCUT2D eigenvalue weighted by Crippen LogP contribution is 2.22. The van der Waals surface area contributed by atoms with Crippen LogP contribution in [-0.2, 0) is 11.3 Å². The summed E-state index contributed by atoms with van der Waals surface area (Å²) in [4.78, 5) is 14.6. The van der Waals surface area contributed by atoms with Crippen molar-refractivity contribution in [2.24, 2.45) is 5.92 Å². The summed E-state index contributed by atoms with van der Waals surface area (Å²) in [5, 5.41) is 3.26. The van der Waals surface area contributed by atoms with E-state index in [-0.39, 0.29) is 17.5 Å². The molecule has 25 heavy (non-hydrogen) atoms. The van der Waals surface area contributed by atoms with Gasteiger partial charge < -0.3 is 5.32 Å². The van der Waals surface area contributed by atoms with Gasteiger partial charge >= 0.3 is 0 Å². The van der Waals surface area contributed by atoms with Gasteiger partial charge in [-0.05, 0) is 49.2 Å². The van der Waals surface area contributed by atoms with Crippen LogP contribution in [0.5, 0.6) is 0 Å². The molecule has 1 atom stereocenters. The van der Waals surface area contributed by atoms with Crippen LogP contribution in [0, 0.1) is 17.6 Å². The number of carbonyl (C=O) groups is 1. The lowest BCUT2D eigenvalue weighted by atomic mass is 9.96. The number of hydrogen-bond donors (Lipinski definition) is 1. The molecule has 0 aliphatic carbocycles. The van der Waals surface area contributed by atoms with Crippen LogP contribution in [0.1, 0.15) is 18.4 Å². The number of nitrogens with one attached hydrogen (secondary N) is 1. The second kappa shape index (κ2) is 7.93. The van der Waals surface area contributed by atoms with Crippen LogP contribution in [0.15, 0.2) is 42.5 Å². The highest BCUT2D eigenvalue weighted by Gasteiger charge is 2.26. The van der Waals surface area contributed by atoms with Crippen molar-refractivity contribution in [1.29, 1.82) is 0 Å². The molecular weight excluding hydrogens is 346 g/mol. The molecule has 0 radical (unpaired) electrons. The zero-order valence-corrected chi connectivity index (χ0v) is 14.4. The van der Waals surface area contributed by atoms with Crippen LogP contribution in [0.3, 0.4) is 0 Å². The lowest BCUT2D eigenvalue weighted by Crippen LogP contribution is -2.40. The van der Waals surface area contributed by atoms with Crippen molar-refractivity contribution in [1.82, 2.24) is 4.90 Å². The zero-order valence-electron chi connectivity index (χ0n) is 13.6. The van der Waals surface area contributed by atoms with E-state index in [1.807, 2.05) is 24.3 Å². The molecule has 1 aliphatic rings. The van der Waals surface area contributed by atoms with Gasteiger partial charge in [0, 0.05) is 24.2 Å². The standard InChI is InChI=1S/C19H19ClF2N2O/c20-15-5-1-3-13(9-15)11-24-8-2-4-14(12-24)19(25)23-18-7-6-16(21)10-17(18)22/h1,3,5-7,9-10,14H,2,4,8,11-12H2,(H,23,25). The molecule has 3 rings (SSSR count). The number of likely N-dealkylation sites (tertiary alicyclic amines) is 1. The number of rotatable bonds is 4. The van der Waals surface area contributed by atoms with Gasteiger partial charge in [-0.25, -0.2) is 8.78 Å². The maximum absolute atomic E-state index is 13.7. The minimum Gasteiger partial charge on any atom is -0.323 e. The molecule has 0 saturated carbocycles. The average Bonchev–Trinajstić information content (AvgIpc) is 2.57. The summed E-state index contributed by atoms with van der Waals surface area (Å²) in [5.74, 6) is -1.89. The minimum absolute atomic E-state index is 0.0124. The molecule has 0 bridgehead atoms. The SMILES string of the molecule is O=C(Nc1ccc(F)cc1F)C1CCCN(Cc2cccc(Cl)c2)C1. The quantitative estimate of drug-likeness (QED) is 0.868. The number of piperidine rings is 1. The molecule has 2 aromatic rings. The first-order chi connectivity index (χ1) is 12.0. The topological polar surface area (TPSA) is 32.3 Å². The number of benzene rings is 2. The first kappa shape index (κ1) is 17.8. The van der Waals surface area contributed by atoms with E-state index < -0.39 is 11.6 Å². The molecule has 1 unspecified atom stereocenters. The van der Waals surface area contributed by atoms with Gasteiger partial charge in [-0.2, -0.15) is 0 Å². The Morgan fingerprint density at radius 3 is 2.84 bits per heavy atom. The molecular formula is C19H19ClF2N2O. The van der Waals surface area contributed by atoms with Gasteiger partial charge in [0.25, 0.3) is 0 Å². The van der Waals surface area contributed by atoms with E-state index in [0.29, 0.717) is 11.6 Å². The lowest BCUT2D eigenvalue weighted by Gasteiger charge is -2.32. The lowest BCUT2D eigenvalue weighted by molar-refractivity contribution is -0.121. The van der Waals surface area contributed by atoms with Crippen LogP contribution in [-0.4, -0.2) is 23.9 Å². The van der Waals surface area contributed by atoms with Crippen molar-refractivity contribution in [3.8, 4) is 0 Å². The van der Waals surface area contributed by atoms with Crippen LogP contribution in [0.4, 0.5) is 14.5 Å². The average molecular weight is 365 g/mol. The van der Waals surface area contributed by atoms with Crippen LogP contribution < -0.4 is 5.32 Å². The van der Waals surface area contributed by atoms with Gasteiger partial charge in [-0.1, -0.05) is 23.7 Å². The number of halogens is 3. The summed E-state index contributed by atoms with van der Waals surface area (Å²) < 4.78 is 26.7. The molecule has 1 amide bonds. The van der Waals surface area contributed by atoms with E-state index in [0.717, 1.165) is 43.6 Å². The predicted molar refractivity (Wildman–Crippen MR) is 94.4 cm³/mol. The highest BCUT2D eigenvalue weighted by molar-refractivity contribution is 6.30. The Balaban J connectivity index is 1.61. The maximum atomic E-state index is 13.7. The summed E-state index contributed by atoms with van der Waals surface area (Å²) in [6, 6.07) is 10.8. The minimum atomic E-state index is -0.764. The summed E-state index contributed by atoms with van der Waals surface area (Å²) in [5.41, 5.74) is 1.11. The van der Waals surface area contributed by atoms with E-state index in [4.69, 9.17) is 11.6 Å². The summed E-state index contributed by atoms with van der Waals surface area (Å²) >= 11 is 6.01. The number of amides is 1. The predicted octanol–water partition coefficient (Wildman–Crippen LogP) is 4.47. The van der Waals surface area contributed by atoms with Gasteiger partial charge in [-0.3, -0.25) is 9.69 Å². The summed E-state index contributed by atoms with van der Waals surface area (Å²) in [6.45, 7) is 2.22. The van der Waals surface area contributed by atoms with Crippen molar-refractivity contribution < 1.29 is 13.6 Å². The fourth-order valence-electron chi connectivity index (χ4n) is 3.13. The van der Waals surface area contributed by atoms with Crippen LogP contribution in [0.2, 0.25) is 5.02 Å². The Bertz CT molecular complexity index is 769. The maximum Gasteiger partial charge on any atom is 0.228 e. The van der Waals surface area contributed by atoms with Gasteiger partial charge in [0.1, 0.15) is 11.6 Å². The molecule has 6 heteroatoms. The number of anilines is 1. The Hall–Kier alpha value is -1.98. The third kappa shape index (κ3) is 4.77. The van der Waals surface area contributed by atoms with Gasteiger partial charge in [0.2, 0.25) is 5.91 Å². The van der Waals surface area contributed by atoms with E-state index in [1.165, 1.54) is 6.07 Å². The van der Waals surface area contributed by atoms with Gasteiger partial charge in [0.05, 0.1) is 11.6 Å². The van der Waals surface area contributed by atoms with Crippen molar-refractivity contribution >= 4 is 23.2 Å². The van der Waals surface area contributed by atoms with Gasteiger partial charge in [0.15, 0.2) is 0 Å². The monoisotopic (exact) mass is 364 g/mol.